The van der Waals surface area contributed by atoms with Gasteiger partial charge in [-0.1, -0.05) is 6.07 Å². The fraction of sp³-hybridized carbons (Fsp3) is 0.400. The zero-order chi connectivity index (χ0) is 10.7. The van der Waals surface area contributed by atoms with Gasteiger partial charge in [0.25, 0.3) is 0 Å². The molecule has 0 aromatic heterocycles. The van der Waals surface area contributed by atoms with Crippen molar-refractivity contribution in [2.75, 3.05) is 7.11 Å². The number of aromatic hydroxyl groups is 1. The molecule has 4 heteroatoms. The van der Waals surface area contributed by atoms with Crippen LogP contribution in [0.5, 0.6) is 11.5 Å². The van der Waals surface area contributed by atoms with E-state index in [0.29, 0.717) is 0 Å². The van der Waals surface area contributed by atoms with Crippen LogP contribution in [0.4, 0.5) is 4.39 Å². The summed E-state index contributed by atoms with van der Waals surface area (Å²) in [6.07, 6.45) is -0.471. The van der Waals surface area contributed by atoms with Gasteiger partial charge in [-0.25, -0.2) is 4.39 Å². The lowest BCUT2D eigenvalue weighted by Gasteiger charge is -2.09. The third-order valence-electron chi connectivity index (χ3n) is 1.89. The first-order valence-electron chi connectivity index (χ1n) is 4.28. The lowest BCUT2D eigenvalue weighted by Crippen LogP contribution is -2.06. The van der Waals surface area contributed by atoms with Crippen molar-refractivity contribution in [3.63, 3.8) is 0 Å². The second-order valence-electron chi connectivity index (χ2n) is 3.14. The van der Waals surface area contributed by atoms with Crippen molar-refractivity contribution in [2.24, 2.45) is 0 Å². The third-order valence-corrected chi connectivity index (χ3v) is 1.89. The zero-order valence-electron chi connectivity index (χ0n) is 8.12. The van der Waals surface area contributed by atoms with E-state index in [1.54, 1.807) is 6.92 Å². The van der Waals surface area contributed by atoms with E-state index in [1.807, 2.05) is 0 Å². The fourth-order valence-electron chi connectivity index (χ4n) is 1.23. The zero-order valence-corrected chi connectivity index (χ0v) is 8.12. The molecule has 0 saturated heterocycles. The Labute approximate surface area is 81.8 Å². The first-order chi connectivity index (χ1) is 6.56. The van der Waals surface area contributed by atoms with Crippen molar-refractivity contribution in [3.8, 4) is 11.5 Å². The lowest BCUT2D eigenvalue weighted by molar-refractivity contribution is 0.193. The molecule has 3 nitrogen and oxygen atoms in total. The number of halogens is 1. The number of aliphatic hydroxyl groups is 1. The quantitative estimate of drug-likeness (QED) is 0.776. The van der Waals surface area contributed by atoms with E-state index in [2.05, 4.69) is 0 Å². The van der Waals surface area contributed by atoms with Crippen LogP contribution in [0.3, 0.4) is 0 Å². The molecule has 0 fully saturated rings. The molecule has 0 radical (unpaired) electrons. The maximum absolute atomic E-state index is 13.4. The number of phenols is 1. The predicted molar refractivity (Wildman–Crippen MR) is 50.0 cm³/mol. The molecule has 14 heavy (non-hydrogen) atoms. The smallest absolute Gasteiger partial charge is 0.194 e. The van der Waals surface area contributed by atoms with Gasteiger partial charge in [0.15, 0.2) is 17.3 Å². The summed E-state index contributed by atoms with van der Waals surface area (Å²) in [5.41, 5.74) is 0.276. The van der Waals surface area contributed by atoms with Crippen LogP contribution in [-0.2, 0) is 6.42 Å². The summed E-state index contributed by atoms with van der Waals surface area (Å²) in [4.78, 5) is 0. The van der Waals surface area contributed by atoms with E-state index in [9.17, 15) is 9.50 Å². The van der Waals surface area contributed by atoms with Crippen LogP contribution in [0.1, 0.15) is 12.5 Å². The van der Waals surface area contributed by atoms with Crippen molar-refractivity contribution in [2.45, 2.75) is 19.4 Å². The summed E-state index contributed by atoms with van der Waals surface area (Å²) in [6, 6.07) is 2.96. The predicted octanol–water partition coefficient (Wildman–Crippen LogP) is 1.46. The Morgan fingerprint density at radius 3 is 2.64 bits per heavy atom. The Hall–Kier alpha value is -1.29. The number of phenolic OH excluding ortho intramolecular Hbond substituents is 1. The Morgan fingerprint density at radius 2 is 2.14 bits per heavy atom. The molecule has 1 aromatic rings. The fourth-order valence-corrected chi connectivity index (χ4v) is 1.23. The Morgan fingerprint density at radius 1 is 1.50 bits per heavy atom. The van der Waals surface area contributed by atoms with Gasteiger partial charge in [-0.3, -0.25) is 0 Å². The highest BCUT2D eigenvalue weighted by atomic mass is 19.1. The van der Waals surface area contributed by atoms with Crippen molar-refractivity contribution < 1.29 is 19.3 Å². The summed E-state index contributed by atoms with van der Waals surface area (Å²) >= 11 is 0. The average molecular weight is 200 g/mol. The minimum absolute atomic E-state index is 0.0943. The van der Waals surface area contributed by atoms with Crippen molar-refractivity contribution in [1.29, 1.82) is 0 Å². The SMILES string of the molecule is COc1ccc(CC(C)O)c(F)c1O. The van der Waals surface area contributed by atoms with Gasteiger partial charge in [0, 0.05) is 6.42 Å². The van der Waals surface area contributed by atoms with Gasteiger partial charge >= 0.3 is 0 Å². The van der Waals surface area contributed by atoms with Gasteiger partial charge in [0.05, 0.1) is 13.2 Å². The van der Waals surface area contributed by atoms with Crippen LogP contribution in [0.25, 0.3) is 0 Å². The van der Waals surface area contributed by atoms with Crippen LogP contribution in [0, 0.1) is 5.82 Å². The van der Waals surface area contributed by atoms with Gasteiger partial charge in [-0.2, -0.15) is 0 Å². The van der Waals surface area contributed by atoms with Crippen LogP contribution in [-0.4, -0.2) is 23.4 Å². The molecule has 0 bridgehead atoms. The lowest BCUT2D eigenvalue weighted by atomic mass is 10.1. The topological polar surface area (TPSA) is 49.7 Å². The molecule has 0 aliphatic rings. The normalized spacial score (nSPS) is 12.6. The molecule has 0 heterocycles. The van der Waals surface area contributed by atoms with Crippen LogP contribution < -0.4 is 4.74 Å². The highest BCUT2D eigenvalue weighted by Gasteiger charge is 2.13. The molecule has 1 atom stereocenters. The summed E-state index contributed by atoms with van der Waals surface area (Å²) in [7, 11) is 1.35. The van der Waals surface area contributed by atoms with E-state index in [-0.39, 0.29) is 17.7 Å². The molecule has 0 saturated carbocycles. The molecule has 0 amide bonds. The standard InChI is InChI=1S/C10H13FO3/c1-6(12)5-7-3-4-8(14-2)10(13)9(7)11/h3-4,6,12-13H,5H2,1-2H3. The number of methoxy groups -OCH3 is 1. The van der Waals surface area contributed by atoms with E-state index in [4.69, 9.17) is 9.84 Å². The van der Waals surface area contributed by atoms with Crippen LogP contribution in [0.15, 0.2) is 12.1 Å². The monoisotopic (exact) mass is 200 g/mol. The number of ether oxygens (including phenoxy) is 1. The van der Waals surface area contributed by atoms with E-state index >= 15 is 0 Å². The largest absolute Gasteiger partial charge is 0.502 e. The van der Waals surface area contributed by atoms with E-state index < -0.39 is 17.7 Å². The number of hydrogen-bond donors (Lipinski definition) is 2. The molecule has 0 aliphatic carbocycles. The maximum Gasteiger partial charge on any atom is 0.194 e. The molecule has 2 N–H and O–H groups in total. The first kappa shape index (κ1) is 10.8. The second-order valence-corrected chi connectivity index (χ2v) is 3.14. The minimum atomic E-state index is -0.731. The van der Waals surface area contributed by atoms with Gasteiger partial charge in [0.2, 0.25) is 0 Å². The van der Waals surface area contributed by atoms with Crippen molar-refractivity contribution in [3.05, 3.63) is 23.5 Å². The van der Waals surface area contributed by atoms with Crippen molar-refractivity contribution >= 4 is 0 Å². The molecule has 0 spiro atoms. The summed E-state index contributed by atoms with van der Waals surface area (Å²) in [5.74, 6) is -1.15. The van der Waals surface area contributed by atoms with Gasteiger partial charge in [0.1, 0.15) is 0 Å². The Balaban J connectivity index is 3.04. The molecular weight excluding hydrogens is 187 g/mol. The van der Waals surface area contributed by atoms with E-state index in [0.717, 1.165) is 0 Å². The van der Waals surface area contributed by atoms with Gasteiger partial charge in [-0.05, 0) is 18.6 Å². The third kappa shape index (κ3) is 2.14. The minimum Gasteiger partial charge on any atom is -0.502 e. The summed E-state index contributed by atoms with van der Waals surface area (Å²) in [6.45, 7) is 1.56. The van der Waals surface area contributed by atoms with Gasteiger partial charge < -0.3 is 14.9 Å². The van der Waals surface area contributed by atoms with Crippen molar-refractivity contribution in [1.82, 2.24) is 0 Å². The number of benzene rings is 1. The molecule has 1 aromatic carbocycles. The van der Waals surface area contributed by atoms with Gasteiger partial charge in [-0.15, -0.1) is 0 Å². The Kier molecular flexibility index (Phi) is 3.30. The molecule has 0 aliphatic heterocycles. The summed E-state index contributed by atoms with van der Waals surface area (Å²) < 4.78 is 18.1. The average Bonchev–Trinajstić information content (AvgIpc) is 2.13. The first-order valence-corrected chi connectivity index (χ1v) is 4.28. The molecule has 78 valence electrons. The second kappa shape index (κ2) is 4.28. The highest BCUT2D eigenvalue weighted by molar-refractivity contribution is 5.43. The number of aliphatic hydroxyl groups excluding tert-OH is 1. The molecular formula is C10H13FO3. The van der Waals surface area contributed by atoms with E-state index in [1.165, 1.54) is 19.2 Å². The number of hydrogen-bond acceptors (Lipinski definition) is 3. The maximum atomic E-state index is 13.4. The number of rotatable bonds is 3. The summed E-state index contributed by atoms with van der Waals surface area (Å²) in [5, 5.41) is 18.4. The highest BCUT2D eigenvalue weighted by Crippen LogP contribution is 2.31. The molecule has 1 rings (SSSR count). The Bertz CT molecular complexity index is 323. The van der Waals surface area contributed by atoms with Crippen LogP contribution in [0.2, 0.25) is 0 Å². The van der Waals surface area contributed by atoms with Crippen LogP contribution >= 0.6 is 0 Å². The molecule has 1 unspecified atom stereocenters.